The first kappa shape index (κ1) is 20.9. The van der Waals surface area contributed by atoms with Crippen molar-refractivity contribution >= 4 is 0 Å². The Bertz CT molecular complexity index is 1140. The van der Waals surface area contributed by atoms with Gasteiger partial charge < -0.3 is 17.7 Å². The van der Waals surface area contributed by atoms with Gasteiger partial charge in [-0.05, 0) is 24.3 Å². The standard InChI is InChI=1S/C20H17N3O6/c24-19-17-3-1-5-21-7-9-26-11-13-28-15-16-29-14-12-27-10-8-22-6-2-4-18(17)20(25)23-19/h1-16H,(H,23,24,25). The third-order valence-electron chi connectivity index (χ3n) is 2.97. The van der Waals surface area contributed by atoms with E-state index in [1.807, 2.05) is 0 Å². The van der Waals surface area contributed by atoms with Gasteiger partial charge in [-0.3, -0.25) is 24.5 Å². The van der Waals surface area contributed by atoms with Gasteiger partial charge in [0.05, 0.1) is 22.8 Å². The van der Waals surface area contributed by atoms with E-state index in [1.165, 1.54) is 99.2 Å². The van der Waals surface area contributed by atoms with Gasteiger partial charge in [-0.25, -0.2) is 0 Å². The molecule has 1 N–H and O–H groups in total. The van der Waals surface area contributed by atoms with E-state index >= 15 is 0 Å². The predicted octanol–water partition coefficient (Wildman–Crippen LogP) is 3.24. The van der Waals surface area contributed by atoms with Gasteiger partial charge in [0.2, 0.25) is 0 Å². The quantitative estimate of drug-likeness (QED) is 0.720. The molecule has 0 radical (unpaired) electrons. The van der Waals surface area contributed by atoms with Gasteiger partial charge in [0.1, 0.15) is 50.1 Å². The minimum atomic E-state index is -0.488. The van der Waals surface area contributed by atoms with Gasteiger partial charge in [-0.2, -0.15) is 0 Å². The number of hydrogen-bond acceptors (Lipinski definition) is 8. The second-order valence-electron chi connectivity index (χ2n) is 4.86. The molecule has 148 valence electrons. The smallest absolute Gasteiger partial charge is 0.258 e. The molecule has 0 aromatic rings. The molecule has 0 saturated heterocycles. The molecule has 2 aliphatic rings. The van der Waals surface area contributed by atoms with Crippen molar-refractivity contribution in [1.29, 1.82) is 0 Å². The van der Waals surface area contributed by atoms with E-state index in [1.54, 1.807) is 0 Å². The summed E-state index contributed by atoms with van der Waals surface area (Å²) in [5, 5.41) is 0.441. The third-order valence-corrected chi connectivity index (χ3v) is 2.97. The summed E-state index contributed by atoms with van der Waals surface area (Å²) in [6, 6.07) is 6.01. The van der Waals surface area contributed by atoms with Gasteiger partial charge in [-0.1, -0.05) is 0 Å². The van der Waals surface area contributed by atoms with E-state index in [-0.39, 0.29) is 10.4 Å². The molecule has 0 unspecified atom stereocenters. The fraction of sp³-hybridized carbons (Fsp3) is 0. The van der Waals surface area contributed by atoms with E-state index in [0.717, 1.165) is 0 Å². The van der Waals surface area contributed by atoms with Crippen LogP contribution in [0.5, 0.6) is 0 Å². The highest BCUT2D eigenvalue weighted by atomic mass is 16.4. The zero-order chi connectivity index (χ0) is 20.6. The van der Waals surface area contributed by atoms with Crippen molar-refractivity contribution in [2.75, 3.05) is 0 Å². The Morgan fingerprint density at radius 1 is 0.552 bits per heavy atom. The molecule has 0 atom stereocenters. The molecule has 0 aromatic heterocycles. The number of aromatic nitrogens is 3. The lowest BCUT2D eigenvalue weighted by Gasteiger charge is -1.73. The highest BCUT2D eigenvalue weighted by Gasteiger charge is 1.96. The summed E-state index contributed by atoms with van der Waals surface area (Å²) in [5.41, 5.74) is -0.976. The summed E-state index contributed by atoms with van der Waals surface area (Å²) in [4.78, 5) is 33.8. The molecule has 0 bridgehead atoms. The van der Waals surface area contributed by atoms with Crippen LogP contribution in [0.3, 0.4) is 0 Å². The number of H-pyrrole nitrogens is 1. The molecular formula is C20H17N3O6. The largest absolute Gasteiger partial charge is 0.468 e. The normalized spacial score (nSPS) is 8.97. The van der Waals surface area contributed by atoms with E-state index < -0.39 is 11.1 Å². The Balaban J connectivity index is 2.55. The van der Waals surface area contributed by atoms with Crippen LogP contribution in [0.25, 0.3) is 0 Å². The highest BCUT2D eigenvalue weighted by molar-refractivity contribution is 5.07. The van der Waals surface area contributed by atoms with Crippen LogP contribution in [-0.4, -0.2) is 15.0 Å². The Labute approximate surface area is 163 Å². The van der Waals surface area contributed by atoms with Gasteiger partial charge in [0.15, 0.2) is 0 Å². The number of aromatic amines is 1. The van der Waals surface area contributed by atoms with Crippen LogP contribution in [0.15, 0.2) is 126 Å². The predicted molar refractivity (Wildman–Crippen MR) is 101 cm³/mol. The number of nitrogens with one attached hydrogen (secondary N) is 1. The summed E-state index contributed by atoms with van der Waals surface area (Å²) >= 11 is 0. The first-order valence-electron chi connectivity index (χ1n) is 8.15. The lowest BCUT2D eigenvalue weighted by atomic mass is 10.3. The molecule has 29 heavy (non-hydrogen) atoms. The number of nitrogens with zero attached hydrogens (tertiary/aromatic N) is 2. The monoisotopic (exact) mass is 395 g/mol. The Kier molecular flexibility index (Phi) is 9.28. The van der Waals surface area contributed by atoms with Gasteiger partial charge in [-0.15, -0.1) is 0 Å². The zero-order valence-electron chi connectivity index (χ0n) is 15.1. The summed E-state index contributed by atoms with van der Waals surface area (Å²) in [6.07, 6.45) is 16.0. The van der Waals surface area contributed by atoms with Gasteiger partial charge >= 0.3 is 0 Å². The second kappa shape index (κ2) is 12.9. The molecule has 2 rings (SSSR count). The van der Waals surface area contributed by atoms with Crippen molar-refractivity contribution in [2.45, 2.75) is 0 Å². The van der Waals surface area contributed by atoms with Crippen LogP contribution in [0.1, 0.15) is 0 Å². The average Bonchev–Trinajstić information content (AvgIpc) is 2.97. The summed E-state index contributed by atoms with van der Waals surface area (Å²) in [6.45, 7) is 0. The van der Waals surface area contributed by atoms with E-state index in [2.05, 4.69) is 15.0 Å². The minimum absolute atomic E-state index is 0.220. The third kappa shape index (κ3) is 8.22. The van der Waals surface area contributed by atoms with Gasteiger partial charge in [0, 0.05) is 12.4 Å². The SMILES string of the molecule is O=c1[nH]c(=O)c2cccnccoccoccoccoccncccc1=2. The van der Waals surface area contributed by atoms with Crippen molar-refractivity contribution in [2.24, 2.45) is 0 Å². The maximum Gasteiger partial charge on any atom is 0.258 e. The van der Waals surface area contributed by atoms with Crippen LogP contribution >= 0.6 is 0 Å². The van der Waals surface area contributed by atoms with Crippen molar-refractivity contribution in [3.63, 3.8) is 0 Å². The molecular weight excluding hydrogens is 378 g/mol. The van der Waals surface area contributed by atoms with Crippen LogP contribution in [0.4, 0.5) is 0 Å². The Morgan fingerprint density at radius 2 is 0.931 bits per heavy atom. The molecule has 0 fully saturated rings. The lowest BCUT2D eigenvalue weighted by Crippen LogP contribution is -2.07. The highest BCUT2D eigenvalue weighted by Crippen LogP contribution is 1.83. The molecule has 0 spiro atoms. The Morgan fingerprint density at radius 3 is 1.34 bits per heavy atom. The maximum absolute atomic E-state index is 11.9. The maximum atomic E-state index is 11.9. The second-order valence-corrected chi connectivity index (χ2v) is 4.86. The average molecular weight is 395 g/mol. The minimum Gasteiger partial charge on any atom is -0.468 e. The molecule has 0 aliphatic carbocycles. The first-order chi connectivity index (χ1) is 14.3. The molecule has 0 saturated carbocycles. The fourth-order valence-corrected chi connectivity index (χ4v) is 1.81. The van der Waals surface area contributed by atoms with Crippen LogP contribution in [0.2, 0.25) is 0 Å². The molecule has 0 aromatic carbocycles. The molecule has 2 aliphatic heterocycles. The number of hydrogen-bond donors (Lipinski definition) is 1. The van der Waals surface area contributed by atoms with Crippen LogP contribution < -0.4 is 11.1 Å². The fourth-order valence-electron chi connectivity index (χ4n) is 1.81. The van der Waals surface area contributed by atoms with Crippen LogP contribution in [-0.2, 0) is 0 Å². The topological polar surface area (TPSA) is 128 Å². The van der Waals surface area contributed by atoms with E-state index in [4.69, 9.17) is 17.7 Å². The molecule has 9 heteroatoms. The van der Waals surface area contributed by atoms with Crippen LogP contribution in [0, 0.1) is 10.4 Å². The Hall–Kier alpha value is -4.40. The molecule has 2 heterocycles. The van der Waals surface area contributed by atoms with E-state index in [0.29, 0.717) is 0 Å². The summed E-state index contributed by atoms with van der Waals surface area (Å²) in [5.74, 6) is 0. The van der Waals surface area contributed by atoms with Crippen molar-refractivity contribution in [3.8, 4) is 0 Å². The van der Waals surface area contributed by atoms with Crippen molar-refractivity contribution in [1.82, 2.24) is 15.0 Å². The van der Waals surface area contributed by atoms with Crippen molar-refractivity contribution in [3.05, 3.63) is 130 Å². The van der Waals surface area contributed by atoms with Crippen molar-refractivity contribution < 1.29 is 17.7 Å². The molecule has 0 amide bonds. The lowest BCUT2D eigenvalue weighted by molar-refractivity contribution is 0.463. The number of rotatable bonds is 0. The molecule has 9 nitrogen and oxygen atoms in total. The zero-order valence-corrected chi connectivity index (χ0v) is 15.1. The summed E-state index contributed by atoms with van der Waals surface area (Å²) in [7, 11) is 0. The first-order valence-corrected chi connectivity index (χ1v) is 8.15. The van der Waals surface area contributed by atoms with Gasteiger partial charge in [0.25, 0.3) is 11.1 Å². The summed E-state index contributed by atoms with van der Waals surface area (Å²) < 4.78 is 19.9. The van der Waals surface area contributed by atoms with E-state index in [9.17, 15) is 9.59 Å².